The second-order valence-corrected chi connectivity index (χ2v) is 5.79. The summed E-state index contributed by atoms with van der Waals surface area (Å²) in [5.41, 5.74) is 3.44. The second-order valence-electron chi connectivity index (χ2n) is 5.79. The standard InChI is InChI=1S/C20H10N2O2/c23-16-8-7-12-14-10-11-4-1-2-6-15(11)22-19(14)18-13(5-3-9-21-18)17(12)20(16)24/h1-10H. The molecule has 0 unspecified atom stereocenters. The van der Waals surface area contributed by atoms with Crippen LogP contribution in [-0.2, 0) is 4.79 Å². The normalized spacial score (nSPS) is 13.8. The Bertz CT molecular complexity index is 1240. The maximum Gasteiger partial charge on any atom is 0.234 e. The van der Waals surface area contributed by atoms with Crippen molar-refractivity contribution < 1.29 is 9.59 Å². The number of allylic oxidation sites excluding steroid dienone is 1. The number of rotatable bonds is 0. The predicted molar refractivity (Wildman–Crippen MR) is 92.9 cm³/mol. The minimum atomic E-state index is -0.499. The molecule has 24 heavy (non-hydrogen) atoms. The highest BCUT2D eigenvalue weighted by Crippen LogP contribution is 2.35. The van der Waals surface area contributed by atoms with Crippen molar-refractivity contribution >= 4 is 50.4 Å². The molecule has 0 fully saturated rings. The first-order valence-electron chi connectivity index (χ1n) is 7.61. The van der Waals surface area contributed by atoms with Crippen molar-refractivity contribution in [3.63, 3.8) is 0 Å². The van der Waals surface area contributed by atoms with Crippen LogP contribution in [0.1, 0.15) is 15.9 Å². The predicted octanol–water partition coefficient (Wildman–Crippen LogP) is 3.71. The van der Waals surface area contributed by atoms with E-state index in [9.17, 15) is 9.59 Å². The van der Waals surface area contributed by atoms with Crippen molar-refractivity contribution in [2.75, 3.05) is 0 Å². The monoisotopic (exact) mass is 310 g/mol. The number of pyridine rings is 2. The number of carbonyl (C=O) groups is 2. The quantitative estimate of drug-likeness (QED) is 0.282. The average molecular weight is 310 g/mol. The summed E-state index contributed by atoms with van der Waals surface area (Å²) in [5, 5.41) is 2.50. The molecule has 0 spiro atoms. The summed E-state index contributed by atoms with van der Waals surface area (Å²) < 4.78 is 0. The Morgan fingerprint density at radius 3 is 2.62 bits per heavy atom. The van der Waals surface area contributed by atoms with Crippen LogP contribution in [-0.4, -0.2) is 21.5 Å². The number of benzene rings is 2. The molecule has 2 heterocycles. The molecule has 4 nitrogen and oxygen atoms in total. The third-order valence-corrected chi connectivity index (χ3v) is 4.44. The number of nitrogens with zero attached hydrogens (tertiary/aromatic N) is 2. The van der Waals surface area contributed by atoms with Crippen LogP contribution >= 0.6 is 0 Å². The van der Waals surface area contributed by atoms with Crippen molar-refractivity contribution in [1.82, 2.24) is 9.97 Å². The first kappa shape index (κ1) is 13.1. The Hall–Kier alpha value is -3.40. The molecule has 0 aliphatic heterocycles. The van der Waals surface area contributed by atoms with Crippen LogP contribution in [0.3, 0.4) is 0 Å². The highest BCUT2D eigenvalue weighted by molar-refractivity contribution is 6.52. The molecule has 0 saturated heterocycles. The molecule has 1 aliphatic rings. The van der Waals surface area contributed by atoms with Crippen LogP contribution in [0, 0.1) is 0 Å². The maximum atomic E-state index is 12.5. The van der Waals surface area contributed by atoms with Gasteiger partial charge in [-0.25, -0.2) is 4.98 Å². The Kier molecular flexibility index (Phi) is 2.48. The van der Waals surface area contributed by atoms with Crippen LogP contribution in [0.4, 0.5) is 0 Å². The number of hydrogen-bond donors (Lipinski definition) is 0. The van der Waals surface area contributed by atoms with Gasteiger partial charge in [-0.3, -0.25) is 14.6 Å². The van der Waals surface area contributed by atoms with E-state index in [0.29, 0.717) is 16.5 Å². The van der Waals surface area contributed by atoms with Gasteiger partial charge in [0.1, 0.15) is 0 Å². The Labute approximate surface area is 136 Å². The summed E-state index contributed by atoms with van der Waals surface area (Å²) in [6.45, 7) is 0. The van der Waals surface area contributed by atoms with Crippen molar-refractivity contribution in [2.45, 2.75) is 0 Å². The largest absolute Gasteiger partial charge is 0.286 e. The number of fused-ring (bicyclic) bond motifs is 7. The van der Waals surface area contributed by atoms with E-state index in [1.54, 1.807) is 18.3 Å². The van der Waals surface area contributed by atoms with Crippen molar-refractivity contribution in [1.29, 1.82) is 0 Å². The molecule has 0 amide bonds. The molecule has 4 heteroatoms. The molecular formula is C20H10N2O2. The van der Waals surface area contributed by atoms with E-state index >= 15 is 0 Å². The van der Waals surface area contributed by atoms with Gasteiger partial charge in [-0.15, -0.1) is 0 Å². The molecule has 0 saturated carbocycles. The van der Waals surface area contributed by atoms with Gasteiger partial charge in [0.2, 0.25) is 11.6 Å². The smallest absolute Gasteiger partial charge is 0.234 e. The third kappa shape index (κ3) is 1.62. The molecule has 2 aromatic heterocycles. The number of hydrogen-bond acceptors (Lipinski definition) is 4. The van der Waals surface area contributed by atoms with E-state index in [-0.39, 0.29) is 0 Å². The van der Waals surface area contributed by atoms with Crippen LogP contribution in [0.2, 0.25) is 0 Å². The number of Topliss-reactive ketones (excluding diaryl/α,β-unsaturated/α-hetero) is 1. The minimum absolute atomic E-state index is 0.426. The van der Waals surface area contributed by atoms with E-state index in [1.165, 1.54) is 6.08 Å². The van der Waals surface area contributed by atoms with E-state index in [4.69, 9.17) is 4.98 Å². The molecular weight excluding hydrogens is 300 g/mol. The van der Waals surface area contributed by atoms with Crippen molar-refractivity contribution in [2.24, 2.45) is 0 Å². The van der Waals surface area contributed by atoms with E-state index in [2.05, 4.69) is 4.98 Å². The van der Waals surface area contributed by atoms with Crippen molar-refractivity contribution in [3.05, 3.63) is 65.9 Å². The van der Waals surface area contributed by atoms with Crippen LogP contribution in [0.15, 0.2) is 54.7 Å². The van der Waals surface area contributed by atoms with Gasteiger partial charge in [0.05, 0.1) is 16.6 Å². The number of aromatic nitrogens is 2. The summed E-state index contributed by atoms with van der Waals surface area (Å²) >= 11 is 0. The molecule has 1 aliphatic carbocycles. The topological polar surface area (TPSA) is 59.9 Å². The Balaban J connectivity index is 2.10. The fourth-order valence-electron chi connectivity index (χ4n) is 3.35. The zero-order chi connectivity index (χ0) is 16.3. The van der Waals surface area contributed by atoms with Crippen LogP contribution in [0.5, 0.6) is 0 Å². The van der Waals surface area contributed by atoms with Gasteiger partial charge < -0.3 is 0 Å². The molecule has 0 bridgehead atoms. The molecule has 4 aromatic rings. The average Bonchev–Trinajstić information content (AvgIpc) is 2.63. The van der Waals surface area contributed by atoms with Gasteiger partial charge in [0.25, 0.3) is 0 Å². The molecule has 2 aromatic carbocycles. The summed E-state index contributed by atoms with van der Waals surface area (Å²) in [6, 6.07) is 13.4. The fraction of sp³-hybridized carbons (Fsp3) is 0. The highest BCUT2D eigenvalue weighted by atomic mass is 16.2. The molecule has 5 rings (SSSR count). The number of carbonyl (C=O) groups excluding carboxylic acids is 2. The maximum absolute atomic E-state index is 12.5. The van der Waals surface area contributed by atoms with Gasteiger partial charge in [-0.1, -0.05) is 24.3 Å². The summed E-state index contributed by atoms with van der Waals surface area (Å²) in [6.07, 6.45) is 4.72. The number of para-hydroxylation sites is 1. The first-order valence-corrected chi connectivity index (χ1v) is 7.61. The second kappa shape index (κ2) is 4.55. The lowest BCUT2D eigenvalue weighted by atomic mass is 9.88. The van der Waals surface area contributed by atoms with Crippen LogP contribution < -0.4 is 0 Å². The van der Waals surface area contributed by atoms with E-state index in [1.807, 2.05) is 36.4 Å². The zero-order valence-electron chi connectivity index (χ0n) is 12.5. The summed E-state index contributed by atoms with van der Waals surface area (Å²) in [7, 11) is 0. The van der Waals surface area contributed by atoms with E-state index in [0.717, 1.165) is 27.4 Å². The highest BCUT2D eigenvalue weighted by Gasteiger charge is 2.26. The van der Waals surface area contributed by atoms with Crippen LogP contribution in [0.25, 0.3) is 38.8 Å². The lowest BCUT2D eigenvalue weighted by molar-refractivity contribution is -0.110. The van der Waals surface area contributed by atoms with Gasteiger partial charge >= 0.3 is 0 Å². The Morgan fingerprint density at radius 1 is 0.833 bits per heavy atom. The minimum Gasteiger partial charge on any atom is -0.286 e. The molecule has 112 valence electrons. The van der Waals surface area contributed by atoms with E-state index < -0.39 is 11.6 Å². The first-order chi connectivity index (χ1) is 11.7. The van der Waals surface area contributed by atoms with Gasteiger partial charge in [-0.05, 0) is 35.9 Å². The van der Waals surface area contributed by atoms with Gasteiger partial charge in [-0.2, -0.15) is 0 Å². The SMILES string of the molecule is O=C1C=Cc2c(c3cccnc3c3nc4ccccc4cc23)C1=O. The van der Waals surface area contributed by atoms with Crippen molar-refractivity contribution in [3.8, 4) is 0 Å². The van der Waals surface area contributed by atoms with Gasteiger partial charge in [0, 0.05) is 27.9 Å². The number of ketones is 2. The molecule has 0 N–H and O–H groups in total. The fourth-order valence-corrected chi connectivity index (χ4v) is 3.35. The third-order valence-electron chi connectivity index (χ3n) is 4.44. The summed E-state index contributed by atoms with van der Waals surface area (Å²) in [4.78, 5) is 33.6. The molecule has 0 atom stereocenters. The molecule has 0 radical (unpaired) electrons. The lowest BCUT2D eigenvalue weighted by Crippen LogP contribution is -2.17. The summed E-state index contributed by atoms with van der Waals surface area (Å²) in [5.74, 6) is -0.985. The lowest BCUT2D eigenvalue weighted by Gasteiger charge is -2.15. The zero-order valence-corrected chi connectivity index (χ0v) is 12.5. The van der Waals surface area contributed by atoms with Gasteiger partial charge in [0.15, 0.2) is 0 Å². The Morgan fingerprint density at radius 2 is 1.71 bits per heavy atom.